The van der Waals surface area contributed by atoms with E-state index in [1.807, 2.05) is 31.2 Å². The van der Waals surface area contributed by atoms with E-state index in [9.17, 15) is 5.11 Å². The molecule has 2 aromatic carbocycles. The molecular weight excluding hydrogens is 246 g/mol. The van der Waals surface area contributed by atoms with Gasteiger partial charge in [0.2, 0.25) is 0 Å². The van der Waals surface area contributed by atoms with Crippen LogP contribution in [-0.4, -0.2) is 5.11 Å². The van der Waals surface area contributed by atoms with E-state index in [4.69, 9.17) is 0 Å². The van der Waals surface area contributed by atoms with Gasteiger partial charge in [0.25, 0.3) is 0 Å². The smallest absolute Gasteiger partial charge is 0.122 e. The molecule has 2 nitrogen and oxygen atoms in total. The van der Waals surface area contributed by atoms with Crippen LogP contribution in [0.3, 0.4) is 0 Å². The lowest BCUT2D eigenvalue weighted by Crippen LogP contribution is -2.25. The molecule has 0 spiro atoms. The summed E-state index contributed by atoms with van der Waals surface area (Å²) in [6.07, 6.45) is 0. The van der Waals surface area contributed by atoms with Crippen LogP contribution in [0.5, 0.6) is 5.75 Å². The lowest BCUT2D eigenvalue weighted by Gasteiger charge is -2.23. The summed E-state index contributed by atoms with van der Waals surface area (Å²) in [6, 6.07) is 16.6. The minimum absolute atomic E-state index is 0.288. The molecule has 106 valence electrons. The first-order valence-electron chi connectivity index (χ1n) is 7.15. The maximum Gasteiger partial charge on any atom is 0.122 e. The summed E-state index contributed by atoms with van der Waals surface area (Å²) >= 11 is 0. The molecule has 1 unspecified atom stereocenters. The van der Waals surface area contributed by atoms with E-state index in [0.717, 1.165) is 11.1 Å². The molecule has 2 N–H and O–H groups in total. The monoisotopic (exact) mass is 269 g/mol. The van der Waals surface area contributed by atoms with E-state index in [-0.39, 0.29) is 6.04 Å². The fourth-order valence-electron chi connectivity index (χ4n) is 2.48. The largest absolute Gasteiger partial charge is 0.507 e. The number of phenolic OH excluding ortho intramolecular Hbond substituents is 1. The Morgan fingerprint density at radius 1 is 1.00 bits per heavy atom. The second-order valence-corrected chi connectivity index (χ2v) is 5.60. The molecule has 2 heteroatoms. The van der Waals surface area contributed by atoms with Gasteiger partial charge in [-0.05, 0) is 24.0 Å². The molecule has 0 aliphatic heterocycles. The van der Waals surface area contributed by atoms with Crippen molar-refractivity contribution in [2.24, 2.45) is 5.92 Å². The van der Waals surface area contributed by atoms with Gasteiger partial charge in [-0.3, -0.25) is 0 Å². The Hall–Kier alpha value is -1.80. The highest BCUT2D eigenvalue weighted by Crippen LogP contribution is 2.25. The summed E-state index contributed by atoms with van der Waals surface area (Å²) in [5.41, 5.74) is 3.16. The Morgan fingerprint density at radius 3 is 2.35 bits per heavy atom. The van der Waals surface area contributed by atoms with Gasteiger partial charge in [0.05, 0.1) is 0 Å². The maximum absolute atomic E-state index is 10.1. The summed E-state index contributed by atoms with van der Waals surface area (Å²) in [5, 5.41) is 13.6. The molecule has 0 radical (unpaired) electrons. The van der Waals surface area contributed by atoms with Crippen LogP contribution in [0.4, 0.5) is 0 Å². The molecule has 0 heterocycles. The third-order valence-electron chi connectivity index (χ3n) is 3.66. The number of hydrogen-bond donors (Lipinski definition) is 2. The zero-order valence-electron chi connectivity index (χ0n) is 12.4. The minimum atomic E-state index is 0.288. The third-order valence-corrected chi connectivity index (χ3v) is 3.66. The Balaban J connectivity index is 2.12. The third kappa shape index (κ3) is 3.40. The summed E-state index contributed by atoms with van der Waals surface area (Å²) < 4.78 is 0. The van der Waals surface area contributed by atoms with E-state index in [1.54, 1.807) is 0 Å². The van der Waals surface area contributed by atoms with Crippen LogP contribution in [0.1, 0.15) is 36.6 Å². The first kappa shape index (κ1) is 14.6. The minimum Gasteiger partial charge on any atom is -0.507 e. The van der Waals surface area contributed by atoms with Gasteiger partial charge in [-0.25, -0.2) is 0 Å². The highest BCUT2D eigenvalue weighted by Gasteiger charge is 2.15. The highest BCUT2D eigenvalue weighted by molar-refractivity contribution is 5.39. The summed E-state index contributed by atoms with van der Waals surface area (Å²) in [4.78, 5) is 0. The van der Waals surface area contributed by atoms with Crippen molar-refractivity contribution >= 4 is 0 Å². The van der Waals surface area contributed by atoms with Crippen molar-refractivity contribution in [2.75, 3.05) is 0 Å². The van der Waals surface area contributed by atoms with Gasteiger partial charge >= 0.3 is 0 Å². The van der Waals surface area contributed by atoms with Crippen molar-refractivity contribution in [1.29, 1.82) is 0 Å². The second kappa shape index (κ2) is 6.58. The first-order valence-corrected chi connectivity index (χ1v) is 7.15. The molecule has 2 rings (SSSR count). The van der Waals surface area contributed by atoms with Gasteiger partial charge in [-0.2, -0.15) is 0 Å². The fourth-order valence-corrected chi connectivity index (χ4v) is 2.48. The van der Waals surface area contributed by atoms with Gasteiger partial charge in [0, 0.05) is 18.2 Å². The molecule has 0 aliphatic rings. The van der Waals surface area contributed by atoms with Gasteiger partial charge in [-0.1, -0.05) is 62.4 Å². The lowest BCUT2D eigenvalue weighted by molar-refractivity contribution is 0.402. The molecular formula is C18H23NO. The average molecular weight is 269 g/mol. The predicted molar refractivity (Wildman–Crippen MR) is 83.7 cm³/mol. The summed E-state index contributed by atoms with van der Waals surface area (Å²) in [5.74, 6) is 0.889. The standard InChI is InChI=1S/C18H23NO/c1-13(2)17(15-9-5-4-6-10-15)19-12-16-11-7-8-14(3)18(16)20/h4-11,13,17,19-20H,12H2,1-3H3. The summed E-state index contributed by atoms with van der Waals surface area (Å²) in [7, 11) is 0. The highest BCUT2D eigenvalue weighted by atomic mass is 16.3. The van der Waals surface area contributed by atoms with Crippen molar-refractivity contribution in [3.8, 4) is 5.75 Å². The molecule has 0 bridgehead atoms. The quantitative estimate of drug-likeness (QED) is 0.853. The Morgan fingerprint density at radius 2 is 1.70 bits per heavy atom. The fraction of sp³-hybridized carbons (Fsp3) is 0.333. The molecule has 0 fully saturated rings. The molecule has 0 aromatic heterocycles. The van der Waals surface area contributed by atoms with E-state index < -0.39 is 0 Å². The van der Waals surface area contributed by atoms with Crippen molar-refractivity contribution in [1.82, 2.24) is 5.32 Å². The van der Waals surface area contributed by atoms with E-state index in [2.05, 4.69) is 43.4 Å². The van der Waals surface area contributed by atoms with Crippen molar-refractivity contribution in [3.05, 3.63) is 65.2 Å². The lowest BCUT2D eigenvalue weighted by atomic mass is 9.95. The van der Waals surface area contributed by atoms with E-state index >= 15 is 0 Å². The normalized spacial score (nSPS) is 12.6. The van der Waals surface area contributed by atoms with Gasteiger partial charge < -0.3 is 10.4 Å². The first-order chi connectivity index (χ1) is 9.59. The number of benzene rings is 2. The molecule has 0 amide bonds. The molecule has 0 aliphatic carbocycles. The SMILES string of the molecule is Cc1cccc(CNC(c2ccccc2)C(C)C)c1O. The number of para-hydroxylation sites is 1. The molecule has 2 aromatic rings. The number of aryl methyl sites for hydroxylation is 1. The average Bonchev–Trinajstić information content (AvgIpc) is 2.44. The van der Waals surface area contributed by atoms with Gasteiger partial charge in [0.15, 0.2) is 0 Å². The van der Waals surface area contributed by atoms with Crippen molar-refractivity contribution in [2.45, 2.75) is 33.4 Å². The van der Waals surface area contributed by atoms with Gasteiger partial charge in [-0.15, -0.1) is 0 Å². The number of rotatable bonds is 5. The molecule has 1 atom stereocenters. The number of aromatic hydroxyl groups is 1. The zero-order chi connectivity index (χ0) is 14.5. The van der Waals surface area contributed by atoms with Crippen LogP contribution >= 0.6 is 0 Å². The topological polar surface area (TPSA) is 32.3 Å². The summed E-state index contributed by atoms with van der Waals surface area (Å²) in [6.45, 7) is 7.02. The Labute approximate surface area is 121 Å². The Kier molecular flexibility index (Phi) is 4.80. The maximum atomic E-state index is 10.1. The number of phenols is 1. The predicted octanol–water partition coefficient (Wildman–Crippen LogP) is 4.19. The zero-order valence-corrected chi connectivity index (χ0v) is 12.4. The second-order valence-electron chi connectivity index (χ2n) is 5.60. The molecule has 0 saturated heterocycles. The van der Waals surface area contributed by atoms with Gasteiger partial charge in [0.1, 0.15) is 5.75 Å². The van der Waals surface area contributed by atoms with Crippen LogP contribution in [0.2, 0.25) is 0 Å². The van der Waals surface area contributed by atoms with Crippen molar-refractivity contribution in [3.63, 3.8) is 0 Å². The Bertz CT molecular complexity index is 549. The number of hydrogen-bond acceptors (Lipinski definition) is 2. The van der Waals surface area contributed by atoms with Crippen LogP contribution < -0.4 is 5.32 Å². The van der Waals surface area contributed by atoms with Crippen molar-refractivity contribution < 1.29 is 5.11 Å². The molecule has 0 saturated carbocycles. The molecule has 20 heavy (non-hydrogen) atoms. The number of nitrogens with one attached hydrogen (secondary N) is 1. The van der Waals surface area contributed by atoms with Crippen LogP contribution in [0.15, 0.2) is 48.5 Å². The van der Waals surface area contributed by atoms with Crippen LogP contribution in [-0.2, 0) is 6.54 Å². The van der Waals surface area contributed by atoms with E-state index in [0.29, 0.717) is 18.2 Å². The van der Waals surface area contributed by atoms with Crippen LogP contribution in [0, 0.1) is 12.8 Å². The van der Waals surface area contributed by atoms with Crippen LogP contribution in [0.25, 0.3) is 0 Å². The van der Waals surface area contributed by atoms with E-state index in [1.165, 1.54) is 5.56 Å².